The van der Waals surface area contributed by atoms with Crippen LogP contribution in [-0.4, -0.2) is 59.1 Å². The molecule has 168 valence electrons. The fraction of sp³-hybridized carbons (Fsp3) is 0.400. The van der Waals surface area contributed by atoms with Crippen molar-refractivity contribution >= 4 is 28.4 Å². The van der Waals surface area contributed by atoms with Crippen molar-refractivity contribution in [1.82, 2.24) is 14.8 Å². The molecule has 1 atom stereocenters. The van der Waals surface area contributed by atoms with Gasteiger partial charge in [-0.15, -0.1) is 0 Å². The standard InChI is InChI=1S/C25H28ClN3O3/c1-3-22(31)29-14-25(15-29)13-28(11-16-5-4-6-17(26)9-16)21(12-30)24-23(25)19-8-7-18(32-2)10-20(19)27-24/h4-10,21,27,30H,3,11-15H2,1-2H3/t21-/m1/s1. The summed E-state index contributed by atoms with van der Waals surface area (Å²) in [5.41, 5.74) is 4.20. The van der Waals surface area contributed by atoms with Crippen molar-refractivity contribution in [1.29, 1.82) is 0 Å². The van der Waals surface area contributed by atoms with E-state index in [9.17, 15) is 9.90 Å². The van der Waals surface area contributed by atoms with Crippen LogP contribution < -0.4 is 4.74 Å². The summed E-state index contributed by atoms with van der Waals surface area (Å²) >= 11 is 6.23. The highest BCUT2D eigenvalue weighted by Gasteiger charge is 2.53. The number of H-pyrrole nitrogens is 1. The molecular weight excluding hydrogens is 426 g/mol. The average Bonchev–Trinajstić information content (AvgIpc) is 3.15. The molecule has 0 radical (unpaired) electrons. The first-order valence-corrected chi connectivity index (χ1v) is 11.4. The highest BCUT2D eigenvalue weighted by Crippen LogP contribution is 2.49. The molecule has 2 N–H and O–H groups in total. The number of aliphatic hydroxyl groups excluding tert-OH is 1. The zero-order valence-corrected chi connectivity index (χ0v) is 19.2. The second kappa shape index (κ2) is 8.10. The number of hydrogen-bond acceptors (Lipinski definition) is 4. The lowest BCUT2D eigenvalue weighted by atomic mass is 9.68. The number of nitrogens with one attached hydrogen (secondary N) is 1. The SMILES string of the molecule is CCC(=O)N1CC2(C1)CN(Cc1cccc(Cl)c1)[C@H](CO)c1[nH]c3cc(OC)ccc3c12. The van der Waals surface area contributed by atoms with Gasteiger partial charge in [0.15, 0.2) is 0 Å². The van der Waals surface area contributed by atoms with E-state index in [1.807, 2.05) is 42.2 Å². The van der Waals surface area contributed by atoms with Crippen LogP contribution in [0.5, 0.6) is 5.75 Å². The first-order chi connectivity index (χ1) is 15.5. The number of aromatic amines is 1. The molecule has 32 heavy (non-hydrogen) atoms. The Morgan fingerprint density at radius 3 is 2.75 bits per heavy atom. The van der Waals surface area contributed by atoms with Gasteiger partial charge in [0.05, 0.1) is 19.8 Å². The van der Waals surface area contributed by atoms with Crippen LogP contribution in [-0.2, 0) is 16.8 Å². The molecule has 7 heteroatoms. The lowest BCUT2D eigenvalue weighted by Crippen LogP contribution is -2.67. The number of methoxy groups -OCH3 is 1. The van der Waals surface area contributed by atoms with Crippen LogP contribution in [0.4, 0.5) is 0 Å². The van der Waals surface area contributed by atoms with Crippen molar-refractivity contribution < 1.29 is 14.6 Å². The van der Waals surface area contributed by atoms with Crippen molar-refractivity contribution in [3.05, 3.63) is 64.3 Å². The number of amides is 1. The van der Waals surface area contributed by atoms with Gasteiger partial charge in [0.25, 0.3) is 0 Å². The first kappa shape index (κ1) is 21.3. The Kier molecular flexibility index (Phi) is 5.40. The van der Waals surface area contributed by atoms with E-state index in [2.05, 4.69) is 22.0 Å². The fourth-order valence-electron chi connectivity index (χ4n) is 5.49. The topological polar surface area (TPSA) is 68.8 Å². The van der Waals surface area contributed by atoms with Gasteiger partial charge in [-0.05, 0) is 35.4 Å². The number of aliphatic hydroxyl groups is 1. The zero-order chi connectivity index (χ0) is 22.5. The van der Waals surface area contributed by atoms with Crippen LogP contribution in [0.3, 0.4) is 0 Å². The maximum Gasteiger partial charge on any atom is 0.222 e. The van der Waals surface area contributed by atoms with Gasteiger partial charge < -0.3 is 19.7 Å². The number of carbonyl (C=O) groups excluding carboxylic acids is 1. The average molecular weight is 454 g/mol. The number of aromatic nitrogens is 1. The van der Waals surface area contributed by atoms with Crippen LogP contribution in [0, 0.1) is 0 Å². The Labute approximate surface area is 192 Å². The van der Waals surface area contributed by atoms with E-state index >= 15 is 0 Å². The predicted octanol–water partition coefficient (Wildman–Crippen LogP) is 3.87. The van der Waals surface area contributed by atoms with E-state index in [4.69, 9.17) is 16.3 Å². The van der Waals surface area contributed by atoms with Gasteiger partial charge in [0, 0.05) is 65.7 Å². The van der Waals surface area contributed by atoms with Crippen LogP contribution in [0.2, 0.25) is 5.02 Å². The van der Waals surface area contributed by atoms with Gasteiger partial charge in [-0.2, -0.15) is 0 Å². The molecule has 2 aliphatic heterocycles. The van der Waals surface area contributed by atoms with E-state index in [0.29, 0.717) is 31.1 Å². The summed E-state index contributed by atoms with van der Waals surface area (Å²) in [4.78, 5) is 20.2. The van der Waals surface area contributed by atoms with Gasteiger partial charge in [0.1, 0.15) is 5.75 Å². The second-order valence-corrected chi connectivity index (χ2v) is 9.38. The lowest BCUT2D eigenvalue weighted by Gasteiger charge is -2.56. The van der Waals surface area contributed by atoms with E-state index in [-0.39, 0.29) is 24.0 Å². The summed E-state index contributed by atoms with van der Waals surface area (Å²) in [5, 5.41) is 12.3. The Balaban J connectivity index is 1.60. The van der Waals surface area contributed by atoms with E-state index in [1.165, 1.54) is 5.56 Å². The Bertz CT molecular complexity index is 1170. The van der Waals surface area contributed by atoms with Gasteiger partial charge in [-0.1, -0.05) is 30.7 Å². The summed E-state index contributed by atoms with van der Waals surface area (Å²) in [6, 6.07) is 13.8. The third kappa shape index (κ3) is 3.38. The molecule has 0 unspecified atom stereocenters. The Hall–Kier alpha value is -2.54. The van der Waals surface area contributed by atoms with Crippen molar-refractivity contribution in [3.8, 4) is 5.75 Å². The molecule has 1 spiro atoms. The third-order valence-corrected chi connectivity index (χ3v) is 7.17. The summed E-state index contributed by atoms with van der Waals surface area (Å²) < 4.78 is 5.43. The number of hydrogen-bond donors (Lipinski definition) is 2. The van der Waals surface area contributed by atoms with E-state index in [0.717, 1.165) is 34.5 Å². The molecule has 1 amide bonds. The van der Waals surface area contributed by atoms with E-state index in [1.54, 1.807) is 7.11 Å². The van der Waals surface area contributed by atoms with Crippen molar-refractivity contribution in [2.24, 2.45) is 0 Å². The molecule has 2 aliphatic rings. The Morgan fingerprint density at radius 2 is 2.06 bits per heavy atom. The number of nitrogens with zero attached hydrogens (tertiary/aromatic N) is 2. The minimum atomic E-state index is -0.169. The number of benzene rings is 2. The molecule has 3 heterocycles. The van der Waals surface area contributed by atoms with Gasteiger partial charge in [0.2, 0.25) is 5.91 Å². The molecule has 1 fully saturated rings. The summed E-state index contributed by atoms with van der Waals surface area (Å²) in [6.07, 6.45) is 0.513. The number of ether oxygens (including phenoxy) is 1. The van der Waals surface area contributed by atoms with Crippen LogP contribution in [0.15, 0.2) is 42.5 Å². The maximum absolute atomic E-state index is 12.4. The van der Waals surface area contributed by atoms with Crippen molar-refractivity contribution in [3.63, 3.8) is 0 Å². The zero-order valence-electron chi connectivity index (χ0n) is 18.4. The van der Waals surface area contributed by atoms with Crippen LogP contribution in [0.1, 0.15) is 36.2 Å². The highest BCUT2D eigenvalue weighted by molar-refractivity contribution is 6.30. The van der Waals surface area contributed by atoms with Crippen LogP contribution in [0.25, 0.3) is 10.9 Å². The number of fused-ring (bicyclic) bond motifs is 4. The normalized spacial score (nSPS) is 19.8. The van der Waals surface area contributed by atoms with Crippen LogP contribution >= 0.6 is 11.6 Å². The summed E-state index contributed by atoms with van der Waals surface area (Å²) in [5.74, 6) is 0.974. The van der Waals surface area contributed by atoms with Crippen molar-refractivity contribution in [2.75, 3.05) is 33.4 Å². The molecule has 5 rings (SSSR count). The molecule has 0 saturated carbocycles. The molecule has 2 aromatic carbocycles. The predicted molar refractivity (Wildman–Crippen MR) is 125 cm³/mol. The molecule has 1 saturated heterocycles. The highest BCUT2D eigenvalue weighted by atomic mass is 35.5. The molecule has 0 bridgehead atoms. The summed E-state index contributed by atoms with van der Waals surface area (Å²) in [7, 11) is 1.66. The minimum absolute atomic E-state index is 0.00517. The molecule has 0 aliphatic carbocycles. The minimum Gasteiger partial charge on any atom is -0.497 e. The third-order valence-electron chi connectivity index (χ3n) is 6.93. The largest absolute Gasteiger partial charge is 0.497 e. The Morgan fingerprint density at radius 1 is 1.25 bits per heavy atom. The molecule has 6 nitrogen and oxygen atoms in total. The van der Waals surface area contributed by atoms with Crippen molar-refractivity contribution in [2.45, 2.75) is 31.3 Å². The van der Waals surface area contributed by atoms with Gasteiger partial charge >= 0.3 is 0 Å². The molecule has 3 aromatic rings. The number of halogens is 1. The second-order valence-electron chi connectivity index (χ2n) is 8.94. The first-order valence-electron chi connectivity index (χ1n) is 11.0. The fourth-order valence-corrected chi connectivity index (χ4v) is 5.70. The quantitative estimate of drug-likeness (QED) is 0.615. The molecule has 1 aromatic heterocycles. The molecular formula is C25H28ClN3O3. The number of likely N-dealkylation sites (tertiary alicyclic amines) is 1. The maximum atomic E-state index is 12.4. The summed E-state index contributed by atoms with van der Waals surface area (Å²) in [6.45, 7) is 4.74. The lowest BCUT2D eigenvalue weighted by molar-refractivity contribution is -0.140. The van der Waals surface area contributed by atoms with Gasteiger partial charge in [-0.3, -0.25) is 9.69 Å². The number of rotatable bonds is 5. The smallest absolute Gasteiger partial charge is 0.222 e. The number of carbonyl (C=O) groups is 1. The monoisotopic (exact) mass is 453 g/mol. The van der Waals surface area contributed by atoms with Gasteiger partial charge in [-0.25, -0.2) is 0 Å². The van der Waals surface area contributed by atoms with E-state index < -0.39 is 0 Å².